The third kappa shape index (κ3) is 3.24. The van der Waals surface area contributed by atoms with Crippen LogP contribution < -0.4 is 10.1 Å². The first kappa shape index (κ1) is 14.3. The number of carbonyl (C=O) groups excluding carboxylic acids is 1. The van der Waals surface area contributed by atoms with Crippen LogP contribution in [0.2, 0.25) is 0 Å². The summed E-state index contributed by atoms with van der Waals surface area (Å²) in [6, 6.07) is 5.65. The normalized spacial score (nSPS) is 16.1. The van der Waals surface area contributed by atoms with Crippen LogP contribution in [0.25, 0.3) is 0 Å². The molecule has 7 heteroatoms. The summed E-state index contributed by atoms with van der Waals surface area (Å²) in [5.41, 5.74) is -0.600. The molecule has 1 aromatic carbocycles. The first-order valence-electron chi connectivity index (χ1n) is 6.34. The van der Waals surface area contributed by atoms with Crippen molar-refractivity contribution in [3.05, 3.63) is 34.4 Å². The molecule has 1 fully saturated rings. The number of carbonyl (C=O) groups is 1. The third-order valence-corrected chi connectivity index (χ3v) is 3.42. The van der Waals surface area contributed by atoms with Crippen LogP contribution in [0.3, 0.4) is 0 Å². The smallest absolute Gasteiger partial charge is 0.273 e. The molecule has 0 heterocycles. The van der Waals surface area contributed by atoms with E-state index in [-0.39, 0.29) is 30.6 Å². The molecule has 0 aliphatic heterocycles. The molecule has 0 unspecified atom stereocenters. The van der Waals surface area contributed by atoms with Gasteiger partial charge in [0, 0.05) is 6.07 Å². The predicted octanol–water partition coefficient (Wildman–Crippen LogP) is 1.00. The Hall–Kier alpha value is -2.15. The van der Waals surface area contributed by atoms with E-state index in [4.69, 9.17) is 4.74 Å². The van der Waals surface area contributed by atoms with Gasteiger partial charge < -0.3 is 15.2 Å². The largest absolute Gasteiger partial charge is 0.484 e. The van der Waals surface area contributed by atoms with E-state index in [2.05, 4.69) is 5.32 Å². The minimum atomic E-state index is -0.526. The molecule has 20 heavy (non-hydrogen) atoms. The standard InChI is InChI=1S/C13H16N2O5/c16-9-13(5-2-6-13)14-12(17)8-20-11-4-1-3-10(7-11)15(18)19/h1,3-4,7,16H,2,5-6,8-9H2,(H,14,17). The summed E-state index contributed by atoms with van der Waals surface area (Å²) in [6.45, 7) is -0.321. The lowest BCUT2D eigenvalue weighted by Gasteiger charge is -2.40. The van der Waals surface area contributed by atoms with E-state index in [0.717, 1.165) is 19.3 Å². The third-order valence-electron chi connectivity index (χ3n) is 3.42. The Labute approximate surface area is 115 Å². The van der Waals surface area contributed by atoms with Crippen molar-refractivity contribution in [3.8, 4) is 5.75 Å². The van der Waals surface area contributed by atoms with E-state index in [1.54, 1.807) is 6.07 Å². The summed E-state index contributed by atoms with van der Waals surface area (Å²) in [5.74, 6) is -0.0775. The van der Waals surface area contributed by atoms with Crippen LogP contribution in [-0.4, -0.2) is 34.7 Å². The van der Waals surface area contributed by atoms with E-state index >= 15 is 0 Å². The van der Waals surface area contributed by atoms with Gasteiger partial charge in [-0.2, -0.15) is 0 Å². The van der Waals surface area contributed by atoms with Gasteiger partial charge in [0.25, 0.3) is 11.6 Å². The molecular weight excluding hydrogens is 264 g/mol. The number of nitro benzene ring substituents is 1. The number of amides is 1. The Morgan fingerprint density at radius 2 is 2.25 bits per heavy atom. The maximum absolute atomic E-state index is 11.7. The van der Waals surface area contributed by atoms with E-state index in [0.29, 0.717) is 0 Å². The number of benzene rings is 1. The van der Waals surface area contributed by atoms with E-state index in [1.807, 2.05) is 0 Å². The Kier molecular flexibility index (Phi) is 4.19. The first-order chi connectivity index (χ1) is 9.54. The highest BCUT2D eigenvalue weighted by molar-refractivity contribution is 5.78. The van der Waals surface area contributed by atoms with Gasteiger partial charge in [-0.25, -0.2) is 0 Å². The van der Waals surface area contributed by atoms with Gasteiger partial charge in [-0.15, -0.1) is 0 Å². The molecule has 1 aromatic rings. The molecule has 7 nitrogen and oxygen atoms in total. The van der Waals surface area contributed by atoms with Gasteiger partial charge in [-0.1, -0.05) is 6.07 Å². The highest BCUT2D eigenvalue weighted by atomic mass is 16.6. The number of rotatable bonds is 6. The molecule has 2 rings (SSSR count). The van der Waals surface area contributed by atoms with E-state index < -0.39 is 10.5 Å². The maximum Gasteiger partial charge on any atom is 0.273 e. The lowest BCUT2D eigenvalue weighted by molar-refractivity contribution is -0.384. The van der Waals surface area contributed by atoms with Crippen molar-refractivity contribution in [2.75, 3.05) is 13.2 Å². The summed E-state index contributed by atoms with van der Waals surface area (Å²) in [7, 11) is 0. The highest BCUT2D eigenvalue weighted by Gasteiger charge is 2.37. The minimum Gasteiger partial charge on any atom is -0.484 e. The average molecular weight is 280 g/mol. The fourth-order valence-electron chi connectivity index (χ4n) is 2.09. The lowest BCUT2D eigenvalue weighted by atomic mass is 9.77. The van der Waals surface area contributed by atoms with Crippen LogP contribution in [0, 0.1) is 10.1 Å². The zero-order chi connectivity index (χ0) is 14.6. The number of aliphatic hydroxyl groups excluding tert-OH is 1. The fourth-order valence-corrected chi connectivity index (χ4v) is 2.09. The molecule has 0 spiro atoms. The number of nitrogens with one attached hydrogen (secondary N) is 1. The summed E-state index contributed by atoms with van der Waals surface area (Å²) in [4.78, 5) is 21.8. The van der Waals surface area contributed by atoms with Crippen LogP contribution in [0.5, 0.6) is 5.75 Å². The number of ether oxygens (including phenoxy) is 1. The molecule has 108 valence electrons. The molecule has 1 amide bonds. The molecule has 1 saturated carbocycles. The van der Waals surface area contributed by atoms with Gasteiger partial charge in [-0.05, 0) is 25.3 Å². The topological polar surface area (TPSA) is 102 Å². The molecule has 0 radical (unpaired) electrons. The molecule has 0 bridgehead atoms. The predicted molar refractivity (Wildman–Crippen MR) is 70.4 cm³/mol. The highest BCUT2D eigenvalue weighted by Crippen LogP contribution is 2.31. The van der Waals surface area contributed by atoms with Gasteiger partial charge in [0.1, 0.15) is 5.75 Å². The minimum absolute atomic E-state index is 0.0877. The number of hydrogen-bond donors (Lipinski definition) is 2. The second-order valence-electron chi connectivity index (χ2n) is 4.88. The van der Waals surface area contributed by atoms with Crippen molar-refractivity contribution < 1.29 is 19.6 Å². The Morgan fingerprint density at radius 1 is 1.50 bits per heavy atom. The quantitative estimate of drug-likeness (QED) is 0.598. The second kappa shape index (κ2) is 5.87. The van der Waals surface area contributed by atoms with Crippen LogP contribution >= 0.6 is 0 Å². The summed E-state index contributed by atoms with van der Waals surface area (Å²) in [5, 5.41) is 22.6. The van der Waals surface area contributed by atoms with Crippen LogP contribution in [0.4, 0.5) is 5.69 Å². The van der Waals surface area contributed by atoms with E-state index in [9.17, 15) is 20.0 Å². The average Bonchev–Trinajstić information content (AvgIpc) is 2.41. The maximum atomic E-state index is 11.7. The number of non-ortho nitro benzene ring substituents is 1. The number of hydrogen-bond acceptors (Lipinski definition) is 5. The Morgan fingerprint density at radius 3 is 2.80 bits per heavy atom. The van der Waals surface area contributed by atoms with Crippen molar-refractivity contribution >= 4 is 11.6 Å². The Bertz CT molecular complexity index is 508. The van der Waals surface area contributed by atoms with Crippen molar-refractivity contribution in [3.63, 3.8) is 0 Å². The van der Waals surface area contributed by atoms with Crippen LogP contribution in [0.15, 0.2) is 24.3 Å². The molecule has 0 saturated heterocycles. The molecule has 2 N–H and O–H groups in total. The van der Waals surface area contributed by atoms with Gasteiger partial charge in [0.2, 0.25) is 0 Å². The van der Waals surface area contributed by atoms with Gasteiger partial charge in [-0.3, -0.25) is 14.9 Å². The monoisotopic (exact) mass is 280 g/mol. The summed E-state index contributed by atoms with van der Waals surface area (Å²) >= 11 is 0. The Balaban J connectivity index is 1.87. The summed E-state index contributed by atoms with van der Waals surface area (Å²) in [6.07, 6.45) is 2.49. The zero-order valence-corrected chi connectivity index (χ0v) is 10.9. The molecular formula is C13H16N2O5. The number of aliphatic hydroxyl groups is 1. The first-order valence-corrected chi connectivity index (χ1v) is 6.34. The molecule has 1 aliphatic rings. The zero-order valence-electron chi connectivity index (χ0n) is 10.9. The lowest BCUT2D eigenvalue weighted by Crippen LogP contribution is -2.57. The van der Waals surface area contributed by atoms with Gasteiger partial charge in [0.05, 0.1) is 23.1 Å². The van der Waals surface area contributed by atoms with Gasteiger partial charge in [0.15, 0.2) is 6.61 Å². The van der Waals surface area contributed by atoms with Crippen molar-refractivity contribution in [1.29, 1.82) is 0 Å². The summed E-state index contributed by atoms with van der Waals surface area (Å²) < 4.78 is 5.22. The fraction of sp³-hybridized carbons (Fsp3) is 0.462. The number of nitro groups is 1. The molecule has 1 aliphatic carbocycles. The van der Waals surface area contributed by atoms with Crippen molar-refractivity contribution in [2.45, 2.75) is 24.8 Å². The van der Waals surface area contributed by atoms with Crippen molar-refractivity contribution in [2.24, 2.45) is 0 Å². The molecule has 0 atom stereocenters. The second-order valence-corrected chi connectivity index (χ2v) is 4.88. The molecule has 0 aromatic heterocycles. The van der Waals surface area contributed by atoms with Crippen molar-refractivity contribution in [1.82, 2.24) is 5.32 Å². The van der Waals surface area contributed by atoms with Gasteiger partial charge >= 0.3 is 0 Å². The van der Waals surface area contributed by atoms with E-state index in [1.165, 1.54) is 18.2 Å². The van der Waals surface area contributed by atoms with Crippen LogP contribution in [-0.2, 0) is 4.79 Å². The SMILES string of the molecule is O=C(COc1cccc([N+](=O)[O-])c1)NC1(CO)CCC1. The number of nitrogens with zero attached hydrogens (tertiary/aromatic N) is 1. The van der Waals surface area contributed by atoms with Crippen LogP contribution in [0.1, 0.15) is 19.3 Å².